The molecule has 0 aliphatic rings. The number of carbonyl (C=O) groups is 2. The fourth-order valence-corrected chi connectivity index (χ4v) is 2.34. The number of halogens is 1. The lowest BCUT2D eigenvalue weighted by Crippen LogP contribution is -2.29. The molecule has 0 fully saturated rings. The Labute approximate surface area is 144 Å². The molecule has 1 aromatic heterocycles. The van der Waals surface area contributed by atoms with Gasteiger partial charge in [-0.1, -0.05) is 41.9 Å². The van der Waals surface area contributed by atoms with Crippen molar-refractivity contribution in [2.24, 2.45) is 5.73 Å². The van der Waals surface area contributed by atoms with Gasteiger partial charge in [-0.05, 0) is 25.5 Å². The smallest absolute Gasteiger partial charge is 0.331 e. The van der Waals surface area contributed by atoms with E-state index in [0.29, 0.717) is 23.0 Å². The summed E-state index contributed by atoms with van der Waals surface area (Å²) in [4.78, 5) is 22.5. The van der Waals surface area contributed by atoms with Gasteiger partial charge in [-0.3, -0.25) is 4.79 Å². The topological polar surface area (TPSA) is 87.2 Å². The number of amides is 1. The molecule has 1 amide bonds. The summed E-state index contributed by atoms with van der Waals surface area (Å²) in [6, 6.07) is 9.77. The fraction of sp³-hybridized carbons (Fsp3) is 0.235. The Morgan fingerprint density at radius 2 is 2.04 bits per heavy atom. The lowest BCUT2D eigenvalue weighted by atomic mass is 10.2. The van der Waals surface area contributed by atoms with E-state index in [-0.39, 0.29) is 0 Å². The molecule has 0 aliphatic carbocycles. The van der Waals surface area contributed by atoms with E-state index >= 15 is 0 Å². The highest BCUT2D eigenvalue weighted by atomic mass is 35.5. The highest BCUT2D eigenvalue weighted by Crippen LogP contribution is 2.22. The van der Waals surface area contributed by atoms with Gasteiger partial charge in [-0.2, -0.15) is 5.10 Å². The minimum Gasteiger partial charge on any atom is -0.449 e. The van der Waals surface area contributed by atoms with Crippen molar-refractivity contribution in [3.63, 3.8) is 0 Å². The third-order valence-corrected chi connectivity index (χ3v) is 3.76. The number of ether oxygens (including phenoxy) is 1. The van der Waals surface area contributed by atoms with E-state index in [1.54, 1.807) is 11.6 Å². The van der Waals surface area contributed by atoms with Gasteiger partial charge in [0.2, 0.25) is 0 Å². The molecule has 6 nitrogen and oxygen atoms in total. The number of aromatic nitrogens is 2. The molecule has 0 bridgehead atoms. The van der Waals surface area contributed by atoms with E-state index in [9.17, 15) is 9.59 Å². The van der Waals surface area contributed by atoms with Gasteiger partial charge in [0.25, 0.3) is 5.91 Å². The van der Waals surface area contributed by atoms with Gasteiger partial charge in [0.05, 0.1) is 12.2 Å². The molecule has 2 N–H and O–H groups in total. The van der Waals surface area contributed by atoms with E-state index in [2.05, 4.69) is 5.10 Å². The van der Waals surface area contributed by atoms with Gasteiger partial charge in [-0.25, -0.2) is 9.48 Å². The molecule has 1 aromatic carbocycles. The number of benzene rings is 1. The number of primary amides is 1. The molecule has 0 aliphatic heterocycles. The molecular weight excluding hydrogens is 330 g/mol. The Balaban J connectivity index is 2.12. The molecule has 24 heavy (non-hydrogen) atoms. The lowest BCUT2D eigenvalue weighted by Gasteiger charge is -2.06. The number of nitrogens with zero attached hydrogens (tertiary/aromatic N) is 2. The molecule has 0 spiro atoms. The van der Waals surface area contributed by atoms with Crippen molar-refractivity contribution in [3.05, 3.63) is 58.4 Å². The highest BCUT2D eigenvalue weighted by Gasteiger charge is 2.14. The second-order valence-corrected chi connectivity index (χ2v) is 5.61. The Morgan fingerprint density at radius 1 is 1.38 bits per heavy atom. The van der Waals surface area contributed by atoms with Crippen LogP contribution in [0.2, 0.25) is 5.15 Å². The molecule has 1 atom stereocenters. The van der Waals surface area contributed by atoms with Gasteiger partial charge in [0, 0.05) is 11.6 Å². The highest BCUT2D eigenvalue weighted by molar-refractivity contribution is 6.31. The van der Waals surface area contributed by atoms with Crippen LogP contribution in [0.1, 0.15) is 23.7 Å². The van der Waals surface area contributed by atoms with Crippen LogP contribution < -0.4 is 5.73 Å². The molecule has 2 aromatic rings. The second kappa shape index (κ2) is 7.79. The maximum atomic E-state index is 11.7. The van der Waals surface area contributed by atoms with Gasteiger partial charge in [0.15, 0.2) is 6.10 Å². The predicted molar refractivity (Wildman–Crippen MR) is 91.3 cm³/mol. The number of rotatable bonds is 6. The zero-order chi connectivity index (χ0) is 17.7. The summed E-state index contributed by atoms with van der Waals surface area (Å²) >= 11 is 6.34. The molecular formula is C17H18ClN3O3. The second-order valence-electron chi connectivity index (χ2n) is 5.25. The number of esters is 1. The zero-order valence-electron chi connectivity index (χ0n) is 13.4. The maximum Gasteiger partial charge on any atom is 0.331 e. The van der Waals surface area contributed by atoms with E-state index in [1.165, 1.54) is 19.1 Å². The number of hydrogen-bond acceptors (Lipinski definition) is 4. The summed E-state index contributed by atoms with van der Waals surface area (Å²) in [5.74, 6) is -1.38. The van der Waals surface area contributed by atoms with Crippen LogP contribution >= 0.6 is 11.6 Å². The Morgan fingerprint density at radius 3 is 2.67 bits per heavy atom. The van der Waals surface area contributed by atoms with Crippen LogP contribution in [0.5, 0.6) is 0 Å². The molecule has 2 rings (SSSR count). The standard InChI is InChI=1S/C17H18ClN3O3/c1-11-14(8-9-15(22)24-12(2)17(19)23)16(18)21(20-11)10-13-6-4-3-5-7-13/h3-9,12H,10H2,1-2H3,(H2,19,23)/b9-8+/t12-/m0/s1. The first-order valence-electron chi connectivity index (χ1n) is 7.33. The third kappa shape index (κ3) is 4.45. The molecule has 0 radical (unpaired) electrons. The minimum absolute atomic E-state index is 0.420. The van der Waals surface area contributed by atoms with E-state index in [0.717, 1.165) is 5.56 Å². The normalized spacial score (nSPS) is 12.3. The monoisotopic (exact) mass is 347 g/mol. The molecule has 0 unspecified atom stereocenters. The maximum absolute atomic E-state index is 11.7. The molecule has 0 saturated carbocycles. The summed E-state index contributed by atoms with van der Waals surface area (Å²) in [6.07, 6.45) is 1.73. The van der Waals surface area contributed by atoms with E-state index in [4.69, 9.17) is 22.1 Å². The van der Waals surface area contributed by atoms with Crippen LogP contribution in [0.4, 0.5) is 0 Å². The molecule has 1 heterocycles. The van der Waals surface area contributed by atoms with Crippen LogP contribution in [-0.4, -0.2) is 27.8 Å². The number of aryl methyl sites for hydroxylation is 1. The van der Waals surface area contributed by atoms with E-state index < -0.39 is 18.0 Å². The van der Waals surface area contributed by atoms with Crippen LogP contribution in [0, 0.1) is 6.92 Å². The Kier molecular flexibility index (Phi) is 5.76. The SMILES string of the molecule is Cc1nn(Cc2ccccc2)c(Cl)c1/C=C/C(=O)O[C@@H](C)C(N)=O. The Hall–Kier alpha value is -2.60. The number of hydrogen-bond donors (Lipinski definition) is 1. The Bertz CT molecular complexity index is 769. The van der Waals surface area contributed by atoms with Crippen molar-refractivity contribution >= 4 is 29.6 Å². The quantitative estimate of drug-likeness (QED) is 0.641. The van der Waals surface area contributed by atoms with Crippen LogP contribution in [-0.2, 0) is 20.9 Å². The summed E-state index contributed by atoms with van der Waals surface area (Å²) in [6.45, 7) is 3.73. The average Bonchev–Trinajstić information content (AvgIpc) is 2.80. The summed E-state index contributed by atoms with van der Waals surface area (Å²) in [5, 5.41) is 4.80. The minimum atomic E-state index is -0.987. The predicted octanol–water partition coefficient (Wildman–Crippen LogP) is 2.32. The summed E-state index contributed by atoms with van der Waals surface area (Å²) in [7, 11) is 0. The van der Waals surface area contributed by atoms with Gasteiger partial charge in [-0.15, -0.1) is 0 Å². The van der Waals surface area contributed by atoms with Crippen LogP contribution in [0.3, 0.4) is 0 Å². The molecule has 7 heteroatoms. The average molecular weight is 348 g/mol. The van der Waals surface area contributed by atoms with Gasteiger partial charge in [0.1, 0.15) is 5.15 Å². The van der Waals surface area contributed by atoms with E-state index in [1.807, 2.05) is 30.3 Å². The van der Waals surface area contributed by atoms with Gasteiger partial charge >= 0.3 is 5.97 Å². The first-order chi connectivity index (χ1) is 11.4. The van der Waals surface area contributed by atoms with Crippen molar-refractivity contribution in [2.75, 3.05) is 0 Å². The van der Waals surface area contributed by atoms with Crippen LogP contribution in [0.15, 0.2) is 36.4 Å². The summed E-state index contributed by atoms with van der Waals surface area (Å²) < 4.78 is 6.50. The van der Waals surface area contributed by atoms with Crippen molar-refractivity contribution in [3.8, 4) is 0 Å². The molecule has 0 saturated heterocycles. The lowest BCUT2D eigenvalue weighted by molar-refractivity contribution is -0.148. The number of carbonyl (C=O) groups excluding carboxylic acids is 2. The third-order valence-electron chi connectivity index (χ3n) is 3.36. The van der Waals surface area contributed by atoms with Crippen molar-refractivity contribution in [1.29, 1.82) is 0 Å². The zero-order valence-corrected chi connectivity index (χ0v) is 14.2. The van der Waals surface area contributed by atoms with Crippen LogP contribution in [0.25, 0.3) is 6.08 Å². The molecule has 126 valence electrons. The van der Waals surface area contributed by atoms with Crippen molar-refractivity contribution < 1.29 is 14.3 Å². The first-order valence-corrected chi connectivity index (χ1v) is 7.71. The first kappa shape index (κ1) is 17.7. The number of nitrogens with two attached hydrogens (primary N) is 1. The fourth-order valence-electron chi connectivity index (χ4n) is 2.04. The van der Waals surface area contributed by atoms with Crippen molar-refractivity contribution in [1.82, 2.24) is 9.78 Å². The largest absolute Gasteiger partial charge is 0.449 e. The van der Waals surface area contributed by atoms with Gasteiger partial charge < -0.3 is 10.5 Å². The van der Waals surface area contributed by atoms with Crippen molar-refractivity contribution in [2.45, 2.75) is 26.5 Å². The summed E-state index contributed by atoms with van der Waals surface area (Å²) in [5.41, 5.74) is 7.41.